The number of pyridine rings is 1. The van der Waals surface area contributed by atoms with E-state index in [9.17, 15) is 13.2 Å². The van der Waals surface area contributed by atoms with Gasteiger partial charge in [-0.2, -0.15) is 4.31 Å². The Morgan fingerprint density at radius 3 is 2.77 bits per heavy atom. The average Bonchev–Trinajstić information content (AvgIpc) is 3.20. The summed E-state index contributed by atoms with van der Waals surface area (Å²) < 4.78 is 26.8. The lowest BCUT2D eigenvalue weighted by atomic mass is 10.2. The first-order chi connectivity index (χ1) is 10.6. The summed E-state index contributed by atoms with van der Waals surface area (Å²) in [5, 5.41) is 4.47. The van der Waals surface area contributed by atoms with E-state index < -0.39 is 16.1 Å². The van der Waals surface area contributed by atoms with Crippen molar-refractivity contribution >= 4 is 33.0 Å². The second-order valence-electron chi connectivity index (χ2n) is 4.93. The summed E-state index contributed by atoms with van der Waals surface area (Å²) in [4.78, 5) is 16.3. The van der Waals surface area contributed by atoms with Gasteiger partial charge in [0.2, 0.25) is 5.91 Å². The van der Waals surface area contributed by atoms with Crippen LogP contribution in [-0.4, -0.2) is 36.2 Å². The molecule has 1 N–H and O–H groups in total. The van der Waals surface area contributed by atoms with Gasteiger partial charge in [0, 0.05) is 24.6 Å². The highest BCUT2D eigenvalue weighted by atomic mass is 32.2. The van der Waals surface area contributed by atoms with E-state index in [4.69, 9.17) is 0 Å². The van der Waals surface area contributed by atoms with Crippen molar-refractivity contribution in [1.82, 2.24) is 9.29 Å². The van der Waals surface area contributed by atoms with Gasteiger partial charge in [0.05, 0.1) is 0 Å². The lowest BCUT2D eigenvalue weighted by Gasteiger charge is -2.22. The lowest BCUT2D eigenvalue weighted by molar-refractivity contribution is -0.119. The van der Waals surface area contributed by atoms with Crippen LogP contribution in [0.15, 0.2) is 46.2 Å². The van der Waals surface area contributed by atoms with E-state index in [0.717, 1.165) is 11.3 Å². The topological polar surface area (TPSA) is 79.4 Å². The third kappa shape index (κ3) is 2.90. The smallest absolute Gasteiger partial charge is 0.253 e. The predicted octanol–water partition coefficient (Wildman–Crippen LogP) is 1.93. The molecule has 1 aliphatic heterocycles. The van der Waals surface area contributed by atoms with Gasteiger partial charge in [0.1, 0.15) is 10.3 Å². The first-order valence-electron chi connectivity index (χ1n) is 6.85. The van der Waals surface area contributed by atoms with Crippen LogP contribution in [0.25, 0.3) is 0 Å². The maximum absolute atomic E-state index is 12.6. The van der Waals surface area contributed by atoms with Crippen molar-refractivity contribution in [1.29, 1.82) is 0 Å². The quantitative estimate of drug-likeness (QED) is 0.924. The number of thiophene rings is 1. The summed E-state index contributed by atoms with van der Waals surface area (Å²) in [7, 11) is -3.60. The van der Waals surface area contributed by atoms with Crippen molar-refractivity contribution in [3.63, 3.8) is 0 Å². The first kappa shape index (κ1) is 15.1. The van der Waals surface area contributed by atoms with Crippen LogP contribution in [0.5, 0.6) is 0 Å². The van der Waals surface area contributed by atoms with Gasteiger partial charge in [-0.3, -0.25) is 9.78 Å². The van der Waals surface area contributed by atoms with Gasteiger partial charge in [-0.15, -0.1) is 11.3 Å². The Balaban J connectivity index is 1.80. The van der Waals surface area contributed by atoms with E-state index in [-0.39, 0.29) is 10.1 Å². The number of carbonyl (C=O) groups excluding carboxylic acids is 1. The first-order valence-corrected chi connectivity index (χ1v) is 9.17. The Bertz CT molecular complexity index is 745. The SMILES string of the molecule is O=C(Nc1ccncc1)[C@H]1CCCN1S(=O)(=O)c1cccs1. The summed E-state index contributed by atoms with van der Waals surface area (Å²) in [5.41, 5.74) is 0.611. The van der Waals surface area contributed by atoms with E-state index in [0.29, 0.717) is 25.1 Å². The van der Waals surface area contributed by atoms with Crippen LogP contribution in [-0.2, 0) is 14.8 Å². The molecule has 2 aromatic heterocycles. The normalized spacial score (nSPS) is 19.2. The Morgan fingerprint density at radius 2 is 2.09 bits per heavy atom. The summed E-state index contributed by atoms with van der Waals surface area (Å²) in [6, 6.07) is 5.94. The molecule has 0 aliphatic carbocycles. The summed E-state index contributed by atoms with van der Waals surface area (Å²) in [5.74, 6) is -0.302. The van der Waals surface area contributed by atoms with Gasteiger partial charge >= 0.3 is 0 Å². The fourth-order valence-electron chi connectivity index (χ4n) is 2.48. The number of amides is 1. The number of rotatable bonds is 4. The minimum atomic E-state index is -3.60. The van der Waals surface area contributed by atoms with Crippen molar-refractivity contribution in [3.05, 3.63) is 42.0 Å². The van der Waals surface area contributed by atoms with Gasteiger partial charge in [0.15, 0.2) is 0 Å². The number of anilines is 1. The summed E-state index contributed by atoms with van der Waals surface area (Å²) in [6.07, 6.45) is 4.36. The van der Waals surface area contributed by atoms with Crippen molar-refractivity contribution in [2.45, 2.75) is 23.1 Å². The maximum Gasteiger partial charge on any atom is 0.253 e. The molecule has 0 radical (unpaired) electrons. The van der Waals surface area contributed by atoms with E-state index in [1.54, 1.807) is 42.0 Å². The third-order valence-corrected chi connectivity index (χ3v) is 6.79. The Morgan fingerprint density at radius 1 is 1.32 bits per heavy atom. The molecule has 0 aromatic carbocycles. The molecule has 116 valence electrons. The highest BCUT2D eigenvalue weighted by Crippen LogP contribution is 2.29. The highest BCUT2D eigenvalue weighted by Gasteiger charge is 2.39. The van der Waals surface area contributed by atoms with Gasteiger partial charge in [-0.1, -0.05) is 6.07 Å². The summed E-state index contributed by atoms with van der Waals surface area (Å²) in [6.45, 7) is 0.370. The molecule has 0 bridgehead atoms. The Kier molecular flexibility index (Phi) is 4.23. The number of hydrogen-bond donors (Lipinski definition) is 1. The molecule has 3 rings (SSSR count). The van der Waals surface area contributed by atoms with E-state index in [1.165, 1.54) is 4.31 Å². The zero-order chi connectivity index (χ0) is 15.6. The van der Waals surface area contributed by atoms with Crippen molar-refractivity contribution in [2.75, 3.05) is 11.9 Å². The van der Waals surface area contributed by atoms with Gasteiger partial charge < -0.3 is 5.32 Å². The van der Waals surface area contributed by atoms with Gasteiger partial charge in [0.25, 0.3) is 10.0 Å². The molecule has 8 heteroatoms. The number of hydrogen-bond acceptors (Lipinski definition) is 5. The molecular formula is C14H15N3O3S2. The van der Waals surface area contributed by atoms with Crippen LogP contribution in [0.4, 0.5) is 5.69 Å². The van der Waals surface area contributed by atoms with E-state index in [1.807, 2.05) is 0 Å². The number of nitrogens with one attached hydrogen (secondary N) is 1. The van der Waals surface area contributed by atoms with Crippen LogP contribution in [0.1, 0.15) is 12.8 Å². The summed E-state index contributed by atoms with van der Waals surface area (Å²) >= 11 is 1.16. The minimum Gasteiger partial charge on any atom is -0.325 e. The third-order valence-electron chi connectivity index (χ3n) is 3.51. The van der Waals surface area contributed by atoms with Gasteiger partial charge in [-0.05, 0) is 36.4 Å². The Labute approximate surface area is 132 Å². The molecule has 0 spiro atoms. The van der Waals surface area contributed by atoms with Crippen LogP contribution >= 0.6 is 11.3 Å². The minimum absolute atomic E-state index is 0.274. The van der Waals surface area contributed by atoms with Crippen molar-refractivity contribution < 1.29 is 13.2 Å². The monoisotopic (exact) mass is 337 g/mol. The lowest BCUT2D eigenvalue weighted by Crippen LogP contribution is -2.42. The predicted molar refractivity (Wildman–Crippen MR) is 84.1 cm³/mol. The molecule has 22 heavy (non-hydrogen) atoms. The number of carbonyl (C=O) groups is 1. The molecular weight excluding hydrogens is 322 g/mol. The van der Waals surface area contributed by atoms with E-state index in [2.05, 4.69) is 10.3 Å². The molecule has 3 heterocycles. The van der Waals surface area contributed by atoms with Crippen LogP contribution in [0, 0.1) is 0 Å². The maximum atomic E-state index is 12.6. The average molecular weight is 337 g/mol. The zero-order valence-corrected chi connectivity index (χ0v) is 13.3. The molecule has 1 saturated heterocycles. The Hall–Kier alpha value is -1.77. The largest absolute Gasteiger partial charge is 0.325 e. The molecule has 1 atom stereocenters. The van der Waals surface area contributed by atoms with Crippen LogP contribution in [0.3, 0.4) is 0 Å². The molecule has 2 aromatic rings. The number of nitrogens with zero attached hydrogens (tertiary/aromatic N) is 2. The standard InChI is InChI=1S/C14H15N3O3S2/c18-14(16-11-5-7-15-8-6-11)12-3-1-9-17(12)22(19,20)13-4-2-10-21-13/h2,4-8,10,12H,1,3,9H2,(H,15,16,18)/t12-/m1/s1. The van der Waals surface area contributed by atoms with Crippen molar-refractivity contribution in [2.24, 2.45) is 0 Å². The van der Waals surface area contributed by atoms with Gasteiger partial charge in [-0.25, -0.2) is 8.42 Å². The van der Waals surface area contributed by atoms with Crippen LogP contribution < -0.4 is 5.32 Å². The second-order valence-corrected chi connectivity index (χ2v) is 8.00. The molecule has 1 fully saturated rings. The fraction of sp³-hybridized carbons (Fsp3) is 0.286. The molecule has 0 saturated carbocycles. The molecule has 1 amide bonds. The zero-order valence-electron chi connectivity index (χ0n) is 11.7. The van der Waals surface area contributed by atoms with Crippen molar-refractivity contribution in [3.8, 4) is 0 Å². The molecule has 6 nitrogen and oxygen atoms in total. The fourth-order valence-corrected chi connectivity index (χ4v) is 5.25. The number of sulfonamides is 1. The molecule has 1 aliphatic rings. The molecule has 0 unspecified atom stereocenters. The second kappa shape index (κ2) is 6.15. The van der Waals surface area contributed by atoms with E-state index >= 15 is 0 Å². The highest BCUT2D eigenvalue weighted by molar-refractivity contribution is 7.91. The number of aromatic nitrogens is 1. The van der Waals surface area contributed by atoms with Crippen LogP contribution in [0.2, 0.25) is 0 Å².